The number of quaternary nitrogens is 1. The van der Waals surface area contributed by atoms with Crippen LogP contribution in [-0.2, 0) is 47.9 Å². The third-order valence-electron chi connectivity index (χ3n) is 8.43. The third-order valence-corrected chi connectivity index (χ3v) is 8.43. The standard InChI is InChI=1S/C18H28N2O5.C14H22N2O3.C12H17NO3/c1-17(2,3)10-13(21)9-12(20-14(22)7-8-15(20)23)11-19-16(24)25-18(4,5)6;1-14(2,3)8-11(17)7-10(9-15-4)16-12(18)5-6-13(16)19;1-12(2,3)8-9(14)6-7-13-10(15)4-5-11(13)16/h7-8,12H,9-11H2,1-6H3,(H,19,24);5-6,10,15H,7-9H2,1-4H3;4-5H,6-8H2,1-3H3/p+1. The number of nitrogens with two attached hydrogens (primary N) is 1. The predicted octanol–water partition coefficient (Wildman–Crippen LogP) is 3.38. The van der Waals surface area contributed by atoms with Crippen LogP contribution in [0, 0.1) is 16.2 Å². The average molecular weight is 843 g/mol. The number of carbonyl (C=O) groups excluding carboxylic acids is 10. The molecule has 334 valence electrons. The van der Waals surface area contributed by atoms with Crippen molar-refractivity contribution in [2.24, 2.45) is 16.2 Å². The molecule has 3 aliphatic rings. The van der Waals surface area contributed by atoms with Crippen LogP contribution in [0.4, 0.5) is 4.79 Å². The number of hydrogen-bond acceptors (Lipinski definition) is 11. The van der Waals surface area contributed by atoms with Gasteiger partial charge in [0.25, 0.3) is 35.4 Å². The second-order valence-electron chi connectivity index (χ2n) is 19.7. The number of carbonyl (C=O) groups is 10. The number of imide groups is 3. The van der Waals surface area contributed by atoms with Crippen LogP contribution in [0.25, 0.3) is 0 Å². The van der Waals surface area contributed by atoms with Crippen molar-refractivity contribution in [3.05, 3.63) is 36.5 Å². The van der Waals surface area contributed by atoms with Crippen LogP contribution < -0.4 is 10.6 Å². The summed E-state index contributed by atoms with van der Waals surface area (Å²) >= 11 is 0. The minimum atomic E-state index is -0.739. The summed E-state index contributed by atoms with van der Waals surface area (Å²) in [7, 11) is 1.86. The van der Waals surface area contributed by atoms with Gasteiger partial charge in [0, 0.05) is 88.1 Å². The fourth-order valence-electron chi connectivity index (χ4n) is 6.29. The van der Waals surface area contributed by atoms with Crippen LogP contribution in [0.1, 0.15) is 122 Å². The highest BCUT2D eigenvalue weighted by atomic mass is 16.6. The summed E-state index contributed by atoms with van der Waals surface area (Å²) in [6.07, 6.45) is 8.38. The Hall–Kier alpha value is -5.12. The first-order valence-corrected chi connectivity index (χ1v) is 20.3. The zero-order valence-corrected chi connectivity index (χ0v) is 37.9. The fourth-order valence-corrected chi connectivity index (χ4v) is 6.29. The molecule has 7 amide bonds. The minimum Gasteiger partial charge on any atom is -0.444 e. The Kier molecular flexibility index (Phi) is 19.8. The van der Waals surface area contributed by atoms with Gasteiger partial charge in [-0.3, -0.25) is 57.9 Å². The van der Waals surface area contributed by atoms with E-state index in [0.717, 1.165) is 22.0 Å². The third kappa shape index (κ3) is 20.7. The smallest absolute Gasteiger partial charge is 0.407 e. The van der Waals surface area contributed by atoms with E-state index in [-0.39, 0.29) is 95.6 Å². The van der Waals surface area contributed by atoms with Crippen molar-refractivity contribution in [1.29, 1.82) is 0 Å². The van der Waals surface area contributed by atoms with Crippen LogP contribution >= 0.6 is 0 Å². The maximum atomic E-state index is 12.3. The number of likely N-dealkylation sites (N-methyl/N-ethyl adjacent to an activating group) is 1. The maximum absolute atomic E-state index is 12.3. The lowest BCUT2D eigenvalue weighted by Gasteiger charge is -2.28. The van der Waals surface area contributed by atoms with Crippen molar-refractivity contribution in [1.82, 2.24) is 20.0 Å². The van der Waals surface area contributed by atoms with Gasteiger partial charge < -0.3 is 15.4 Å². The topological polar surface area (TPSA) is 218 Å². The van der Waals surface area contributed by atoms with Crippen molar-refractivity contribution in [3.8, 4) is 0 Å². The van der Waals surface area contributed by atoms with Crippen LogP contribution in [0.3, 0.4) is 0 Å². The lowest BCUT2D eigenvalue weighted by molar-refractivity contribution is -0.630. The summed E-state index contributed by atoms with van der Waals surface area (Å²) < 4.78 is 5.15. The zero-order chi connectivity index (χ0) is 46.4. The summed E-state index contributed by atoms with van der Waals surface area (Å²) in [5.74, 6) is -2.15. The Balaban J connectivity index is 0.000000462. The van der Waals surface area contributed by atoms with Crippen LogP contribution in [0.5, 0.6) is 0 Å². The SMILES string of the molecule is CC(C)(C)CC(=O)CC(CNC(=O)OC(C)(C)C)N1C(=O)C=CC1=O.CC(C)(C)CC(=O)CCN1C(=O)C=CC1=O.C[NH2+]CC(CC(=O)CC(C)(C)C)N1C(=O)C=CC1=O. The predicted molar refractivity (Wildman–Crippen MR) is 223 cm³/mol. The second-order valence-corrected chi connectivity index (χ2v) is 19.7. The molecule has 0 saturated heterocycles. The molecule has 0 aliphatic carbocycles. The molecule has 0 aromatic heterocycles. The summed E-state index contributed by atoms with van der Waals surface area (Å²) in [6, 6.07) is -1.09. The van der Waals surface area contributed by atoms with Crippen molar-refractivity contribution >= 4 is 58.9 Å². The first-order valence-electron chi connectivity index (χ1n) is 20.3. The van der Waals surface area contributed by atoms with Crippen LogP contribution in [0.2, 0.25) is 0 Å². The number of nitrogens with zero attached hydrogens (tertiary/aromatic N) is 3. The molecule has 3 heterocycles. The van der Waals surface area contributed by atoms with E-state index in [9.17, 15) is 47.9 Å². The molecule has 0 aromatic carbocycles. The molecule has 60 heavy (non-hydrogen) atoms. The van der Waals surface area contributed by atoms with E-state index in [2.05, 4.69) is 5.32 Å². The molecular weight excluding hydrogens is 775 g/mol. The van der Waals surface area contributed by atoms with Gasteiger partial charge in [0.05, 0.1) is 25.7 Å². The molecule has 16 heteroatoms. The van der Waals surface area contributed by atoms with E-state index in [1.54, 1.807) is 20.8 Å². The molecule has 3 aliphatic heterocycles. The van der Waals surface area contributed by atoms with E-state index in [1.807, 2.05) is 74.7 Å². The average Bonchev–Trinajstić information content (AvgIpc) is 3.68. The largest absolute Gasteiger partial charge is 0.444 e. The van der Waals surface area contributed by atoms with Crippen LogP contribution in [-0.4, -0.2) is 118 Å². The Morgan fingerprint density at radius 3 is 1.28 bits per heavy atom. The Morgan fingerprint density at radius 1 is 0.567 bits per heavy atom. The van der Waals surface area contributed by atoms with Gasteiger partial charge in [-0.15, -0.1) is 0 Å². The lowest BCUT2D eigenvalue weighted by Crippen LogP contribution is -2.83. The normalized spacial score (nSPS) is 16.4. The maximum Gasteiger partial charge on any atom is 0.407 e. The van der Waals surface area contributed by atoms with Gasteiger partial charge in [0.1, 0.15) is 23.0 Å². The molecule has 0 radical (unpaired) electrons. The van der Waals surface area contributed by atoms with E-state index in [0.29, 0.717) is 25.8 Å². The number of Topliss-reactive ketones (excluding diaryl/α,β-unsaturated/α-hetero) is 3. The van der Waals surface area contributed by atoms with Gasteiger partial charge in [-0.2, -0.15) is 0 Å². The Bertz CT molecular complexity index is 1680. The van der Waals surface area contributed by atoms with Gasteiger partial charge >= 0.3 is 6.09 Å². The molecule has 16 nitrogen and oxygen atoms in total. The van der Waals surface area contributed by atoms with E-state index in [4.69, 9.17) is 4.74 Å². The zero-order valence-electron chi connectivity index (χ0n) is 37.9. The number of ketones is 3. The summed E-state index contributed by atoms with van der Waals surface area (Å²) in [4.78, 5) is 121. The van der Waals surface area contributed by atoms with E-state index >= 15 is 0 Å². The molecule has 3 rings (SSSR count). The van der Waals surface area contributed by atoms with Crippen molar-refractivity contribution in [2.45, 2.75) is 139 Å². The van der Waals surface area contributed by atoms with Gasteiger partial charge in [-0.05, 0) is 37.0 Å². The van der Waals surface area contributed by atoms with Gasteiger partial charge in [-0.25, -0.2) is 4.79 Å². The molecule has 0 spiro atoms. The van der Waals surface area contributed by atoms with Crippen molar-refractivity contribution in [2.75, 3.05) is 26.7 Å². The van der Waals surface area contributed by atoms with Gasteiger partial charge in [0.2, 0.25) is 0 Å². The first-order chi connectivity index (χ1) is 27.3. The Labute approximate surface area is 354 Å². The van der Waals surface area contributed by atoms with Crippen molar-refractivity contribution < 1.29 is 58.0 Å². The Morgan fingerprint density at radius 2 is 0.917 bits per heavy atom. The molecule has 2 unspecified atom stereocenters. The first kappa shape index (κ1) is 52.9. The highest BCUT2D eigenvalue weighted by Crippen LogP contribution is 2.24. The number of amides is 7. The highest BCUT2D eigenvalue weighted by Gasteiger charge is 2.35. The number of rotatable bonds is 16. The van der Waals surface area contributed by atoms with Gasteiger partial charge in [-0.1, -0.05) is 62.3 Å². The summed E-state index contributed by atoms with van der Waals surface area (Å²) in [5, 5.41) is 4.42. The molecule has 0 saturated carbocycles. The highest BCUT2D eigenvalue weighted by molar-refractivity contribution is 6.14. The van der Waals surface area contributed by atoms with E-state index in [1.165, 1.54) is 29.2 Å². The van der Waals surface area contributed by atoms with Crippen LogP contribution in [0.15, 0.2) is 36.5 Å². The lowest BCUT2D eigenvalue weighted by atomic mass is 9.88. The minimum absolute atomic E-state index is 0.00771. The quantitative estimate of drug-likeness (QED) is 0.215. The molecular formula is C44H68N5O11+. The fraction of sp³-hybridized carbons (Fsp3) is 0.636. The number of hydrogen-bond donors (Lipinski definition) is 2. The number of ether oxygens (including phenoxy) is 1. The number of alkyl carbamates (subject to hydrolysis) is 1. The van der Waals surface area contributed by atoms with Crippen molar-refractivity contribution in [3.63, 3.8) is 0 Å². The summed E-state index contributed by atoms with van der Waals surface area (Å²) in [6.45, 7) is 23.7. The van der Waals surface area contributed by atoms with Gasteiger partial charge in [0.15, 0.2) is 0 Å². The molecule has 2 atom stereocenters. The molecule has 0 bridgehead atoms. The summed E-state index contributed by atoms with van der Waals surface area (Å²) in [5.41, 5.74) is -0.983. The molecule has 0 fully saturated rings. The monoisotopic (exact) mass is 842 g/mol. The van der Waals surface area contributed by atoms with E-state index < -0.39 is 29.6 Å². The molecule has 3 N–H and O–H groups in total. The molecule has 0 aromatic rings. The number of nitrogens with one attached hydrogen (secondary N) is 1. The second kappa shape index (κ2) is 22.5.